The van der Waals surface area contributed by atoms with E-state index in [1.807, 2.05) is 27.7 Å². The highest BCUT2D eigenvalue weighted by atomic mass is 32.2. The lowest BCUT2D eigenvalue weighted by molar-refractivity contribution is -0.153. The number of carboxylic acids is 2. The number of rotatable bonds is 16. The zero-order valence-corrected chi connectivity index (χ0v) is 19.9. The molecule has 0 saturated carbocycles. The molecule has 4 unspecified atom stereocenters. The molecule has 0 fully saturated rings. The third-order valence-corrected chi connectivity index (χ3v) is 7.48. The summed E-state index contributed by atoms with van der Waals surface area (Å²) in [6.45, 7) is 7.67. The zero-order chi connectivity index (χ0) is 22.0. The van der Waals surface area contributed by atoms with E-state index in [2.05, 4.69) is 0 Å². The van der Waals surface area contributed by atoms with Gasteiger partial charge < -0.3 is 22.5 Å². The average molecular weight is 457 g/mol. The molecule has 182 valence electrons. The van der Waals surface area contributed by atoms with E-state index < -0.39 is 39.1 Å². The maximum absolute atomic E-state index is 12.4. The van der Waals surface area contributed by atoms with Gasteiger partial charge in [-0.15, -0.1) is 0 Å². The predicted octanol–water partition coefficient (Wildman–Crippen LogP) is 4.94. The van der Waals surface area contributed by atoms with Crippen LogP contribution in [0, 0.1) is 17.8 Å². The minimum atomic E-state index is -5.15. The largest absolute Gasteiger partial charge is 0.481 e. The van der Waals surface area contributed by atoms with Gasteiger partial charge in [-0.05, 0) is 24.7 Å². The number of hydrogen-bond donors (Lipinski definition) is 5. The fourth-order valence-corrected chi connectivity index (χ4v) is 5.18. The highest BCUT2D eigenvalue weighted by Crippen LogP contribution is 2.41. The number of carboxylic acid groups (broad SMARTS) is 2. The molecule has 0 saturated heterocycles. The van der Waals surface area contributed by atoms with Crippen LogP contribution in [-0.2, 0) is 19.7 Å². The average Bonchev–Trinajstić information content (AvgIpc) is 2.61. The van der Waals surface area contributed by atoms with Crippen molar-refractivity contribution in [2.45, 2.75) is 96.7 Å². The summed E-state index contributed by atoms with van der Waals surface area (Å²) in [7, 11) is -5.15. The molecule has 9 nitrogen and oxygen atoms in total. The summed E-state index contributed by atoms with van der Waals surface area (Å²) in [6.07, 6.45) is 5.37. The Labute approximate surface area is 181 Å². The molecule has 0 heterocycles. The molecular weight excluding hydrogens is 412 g/mol. The molecule has 0 bridgehead atoms. The van der Waals surface area contributed by atoms with E-state index >= 15 is 0 Å². The molecule has 0 aromatic rings. The lowest BCUT2D eigenvalue weighted by atomic mass is 9.76. The van der Waals surface area contributed by atoms with Crippen LogP contribution < -0.4 is 12.3 Å². The smallest absolute Gasteiger partial charge is 0.328 e. The molecule has 0 aliphatic heterocycles. The topological polar surface area (TPSA) is 199 Å². The van der Waals surface area contributed by atoms with Crippen molar-refractivity contribution >= 4 is 22.1 Å². The molecule has 0 aliphatic carbocycles. The Hall–Kier alpha value is -1.23. The molecule has 0 radical (unpaired) electrons. The van der Waals surface area contributed by atoms with E-state index in [-0.39, 0.29) is 30.6 Å². The van der Waals surface area contributed by atoms with Crippen LogP contribution in [0.4, 0.5) is 0 Å². The van der Waals surface area contributed by atoms with E-state index in [4.69, 9.17) is 0 Å². The molecule has 30 heavy (non-hydrogen) atoms. The van der Waals surface area contributed by atoms with Crippen LogP contribution in [0.5, 0.6) is 0 Å². The molecule has 10 heteroatoms. The van der Waals surface area contributed by atoms with Crippen LogP contribution in [0.15, 0.2) is 0 Å². The van der Waals surface area contributed by atoms with Crippen LogP contribution in [-0.4, -0.2) is 39.9 Å². The van der Waals surface area contributed by atoms with Crippen molar-refractivity contribution in [3.63, 3.8) is 0 Å². The highest BCUT2D eigenvalue weighted by molar-refractivity contribution is 7.88. The van der Waals surface area contributed by atoms with Gasteiger partial charge in [-0.1, -0.05) is 79.1 Å². The first-order valence-electron chi connectivity index (χ1n) is 10.4. The van der Waals surface area contributed by atoms with E-state index in [1.54, 1.807) is 0 Å². The Morgan fingerprint density at radius 1 is 0.867 bits per heavy atom. The van der Waals surface area contributed by atoms with Gasteiger partial charge in [-0.2, -0.15) is 8.42 Å². The van der Waals surface area contributed by atoms with Crippen molar-refractivity contribution in [3.05, 3.63) is 0 Å². The van der Waals surface area contributed by atoms with Gasteiger partial charge in [0.25, 0.3) is 10.1 Å². The lowest BCUT2D eigenvalue weighted by Crippen LogP contribution is -2.56. The standard InChI is InChI=1S/C20H38O7S.2H3N/c1-5-9-11-15(7-3)13-17(18(21)22)20(19(23)24,28(25,26)27)14-16(8-4)12-10-6-2;;/h15-17H,5-14H2,1-4H3,(H,21,22)(H,23,24)(H,25,26,27);2*1H3. The predicted molar refractivity (Wildman–Crippen MR) is 119 cm³/mol. The van der Waals surface area contributed by atoms with Gasteiger partial charge in [0.1, 0.15) is 0 Å². The molecule has 0 rings (SSSR count). The first kappa shape index (κ1) is 33.4. The third kappa shape index (κ3) is 8.87. The SMILES string of the molecule is CCCCC(CC)CC(C(=O)O)C(CC(CC)CCCC)(C(=O)O)S(=O)(=O)O.N.N. The summed E-state index contributed by atoms with van der Waals surface area (Å²) in [5.74, 6) is -5.37. The van der Waals surface area contributed by atoms with E-state index in [9.17, 15) is 32.8 Å². The van der Waals surface area contributed by atoms with Crippen molar-refractivity contribution in [1.82, 2.24) is 12.3 Å². The van der Waals surface area contributed by atoms with Gasteiger partial charge in [-0.25, -0.2) is 0 Å². The van der Waals surface area contributed by atoms with Crippen molar-refractivity contribution in [3.8, 4) is 0 Å². The van der Waals surface area contributed by atoms with Gasteiger partial charge >= 0.3 is 11.9 Å². The zero-order valence-electron chi connectivity index (χ0n) is 19.1. The van der Waals surface area contributed by atoms with Gasteiger partial charge in [0.2, 0.25) is 4.75 Å². The Morgan fingerprint density at radius 2 is 1.30 bits per heavy atom. The summed E-state index contributed by atoms with van der Waals surface area (Å²) in [5, 5.41) is 19.7. The number of carbonyl (C=O) groups is 2. The summed E-state index contributed by atoms with van der Waals surface area (Å²) in [5.41, 5.74) is 0. The summed E-state index contributed by atoms with van der Waals surface area (Å²) in [4.78, 5) is 24.3. The fourth-order valence-electron chi connectivity index (χ4n) is 3.95. The highest BCUT2D eigenvalue weighted by Gasteiger charge is 2.60. The Morgan fingerprint density at radius 3 is 1.60 bits per heavy atom. The summed E-state index contributed by atoms with van der Waals surface area (Å²) >= 11 is 0. The molecule has 0 aromatic carbocycles. The molecule has 0 aliphatic rings. The first-order chi connectivity index (χ1) is 13.0. The molecule has 4 atom stereocenters. The first-order valence-corrected chi connectivity index (χ1v) is 11.9. The number of aliphatic carboxylic acids is 2. The van der Waals surface area contributed by atoms with Crippen molar-refractivity contribution in [2.75, 3.05) is 0 Å². The summed E-state index contributed by atoms with van der Waals surface area (Å²) in [6, 6.07) is 0. The van der Waals surface area contributed by atoms with Gasteiger partial charge in [0.15, 0.2) is 0 Å². The van der Waals surface area contributed by atoms with Crippen LogP contribution in [0.3, 0.4) is 0 Å². The van der Waals surface area contributed by atoms with E-state index in [1.165, 1.54) is 0 Å². The maximum Gasteiger partial charge on any atom is 0.328 e. The molecular formula is C20H44N2O7S. The van der Waals surface area contributed by atoms with Gasteiger partial charge in [-0.3, -0.25) is 14.1 Å². The number of hydrogen-bond acceptors (Lipinski definition) is 6. The Balaban J connectivity index is -0.00000364. The lowest BCUT2D eigenvalue weighted by Gasteiger charge is -2.36. The van der Waals surface area contributed by atoms with E-state index in [0.717, 1.165) is 25.7 Å². The maximum atomic E-state index is 12.4. The third-order valence-electron chi connectivity index (χ3n) is 5.93. The van der Waals surface area contributed by atoms with Crippen LogP contribution in [0.1, 0.15) is 91.9 Å². The van der Waals surface area contributed by atoms with Gasteiger partial charge in [0.05, 0.1) is 5.92 Å². The molecule has 0 spiro atoms. The van der Waals surface area contributed by atoms with Crippen LogP contribution in [0.25, 0.3) is 0 Å². The molecule has 0 amide bonds. The second-order valence-electron chi connectivity index (χ2n) is 7.83. The van der Waals surface area contributed by atoms with Crippen LogP contribution >= 0.6 is 0 Å². The van der Waals surface area contributed by atoms with E-state index in [0.29, 0.717) is 25.7 Å². The minimum Gasteiger partial charge on any atom is -0.481 e. The van der Waals surface area contributed by atoms with Crippen LogP contribution in [0.2, 0.25) is 0 Å². The fraction of sp³-hybridized carbons (Fsp3) is 0.900. The quantitative estimate of drug-likeness (QED) is 0.199. The Bertz CT molecular complexity index is 598. The van der Waals surface area contributed by atoms with Crippen molar-refractivity contribution in [1.29, 1.82) is 0 Å². The minimum absolute atomic E-state index is 0. The van der Waals surface area contributed by atoms with Gasteiger partial charge in [0, 0.05) is 0 Å². The monoisotopic (exact) mass is 456 g/mol. The van der Waals surface area contributed by atoms with Crippen molar-refractivity contribution < 1.29 is 32.8 Å². The molecule has 0 aromatic heterocycles. The Kier molecular flexibility index (Phi) is 17.3. The second-order valence-corrected chi connectivity index (χ2v) is 9.51. The number of unbranched alkanes of at least 4 members (excludes halogenated alkanes) is 2. The molecule has 9 N–H and O–H groups in total. The normalized spacial score (nSPS) is 16.3. The summed E-state index contributed by atoms with van der Waals surface area (Å²) < 4.78 is 32.0. The van der Waals surface area contributed by atoms with Crippen molar-refractivity contribution in [2.24, 2.45) is 17.8 Å². The second kappa shape index (κ2) is 15.6.